The van der Waals surface area contributed by atoms with Crippen LogP contribution in [0.5, 0.6) is 0 Å². The summed E-state index contributed by atoms with van der Waals surface area (Å²) >= 11 is 0. The van der Waals surface area contributed by atoms with Gasteiger partial charge in [-0.05, 0) is 29.3 Å². The van der Waals surface area contributed by atoms with E-state index >= 15 is 0 Å². The second-order valence-electron chi connectivity index (χ2n) is 8.56. The minimum absolute atomic E-state index is 0.213. The third-order valence-electron chi connectivity index (χ3n) is 6.42. The lowest BCUT2D eigenvalue weighted by Gasteiger charge is -2.39. The highest BCUT2D eigenvalue weighted by Gasteiger charge is 2.36. The first-order valence-corrected chi connectivity index (χ1v) is 11.1. The van der Waals surface area contributed by atoms with Crippen LogP contribution in [0.25, 0.3) is 0 Å². The van der Waals surface area contributed by atoms with E-state index in [1.54, 1.807) is 0 Å². The topological polar surface area (TPSA) is 60.7 Å². The zero-order chi connectivity index (χ0) is 21.0. The van der Waals surface area contributed by atoms with Gasteiger partial charge in [-0.1, -0.05) is 30.3 Å². The van der Waals surface area contributed by atoms with Crippen LogP contribution in [0, 0.1) is 0 Å². The van der Waals surface area contributed by atoms with Crippen molar-refractivity contribution in [3.63, 3.8) is 0 Å². The first-order valence-electron chi connectivity index (χ1n) is 11.1. The van der Waals surface area contributed by atoms with Crippen molar-refractivity contribution >= 4 is 5.82 Å². The van der Waals surface area contributed by atoms with E-state index in [-0.39, 0.29) is 12.1 Å². The highest BCUT2D eigenvalue weighted by atomic mass is 16.3. The molecule has 2 aromatic heterocycles. The molecule has 1 N–H and O–H groups in total. The average Bonchev–Trinajstić information content (AvgIpc) is 3.45. The van der Waals surface area contributed by atoms with Gasteiger partial charge in [0.25, 0.3) is 0 Å². The maximum atomic E-state index is 10.7. The lowest BCUT2D eigenvalue weighted by Crippen LogP contribution is -2.53. The molecule has 3 aromatic rings. The Balaban J connectivity index is 1.13. The number of hydrogen-bond donors (Lipinski definition) is 1. The number of aromatic nitrogens is 3. The zero-order valence-electron chi connectivity index (χ0n) is 17.8. The predicted octanol–water partition coefficient (Wildman–Crippen LogP) is 1.69. The molecule has 7 heteroatoms. The first kappa shape index (κ1) is 20.2. The third kappa shape index (κ3) is 4.79. The molecule has 7 nitrogen and oxygen atoms in total. The van der Waals surface area contributed by atoms with Gasteiger partial charge in [0.1, 0.15) is 5.82 Å². The summed E-state index contributed by atoms with van der Waals surface area (Å²) in [5.41, 5.74) is 2.54. The Kier molecular flexibility index (Phi) is 5.97. The number of rotatable bonds is 6. The summed E-state index contributed by atoms with van der Waals surface area (Å²) in [6.45, 7) is 7.17. The second kappa shape index (κ2) is 9.18. The van der Waals surface area contributed by atoms with Crippen molar-refractivity contribution in [2.24, 2.45) is 0 Å². The molecule has 4 heterocycles. The van der Waals surface area contributed by atoms with Gasteiger partial charge < -0.3 is 10.0 Å². The van der Waals surface area contributed by atoms with E-state index in [0.29, 0.717) is 0 Å². The monoisotopic (exact) mass is 418 g/mol. The van der Waals surface area contributed by atoms with Crippen LogP contribution < -0.4 is 4.90 Å². The van der Waals surface area contributed by atoms with Crippen molar-refractivity contribution in [2.75, 3.05) is 44.2 Å². The molecule has 2 saturated heterocycles. The first-order chi connectivity index (χ1) is 15.2. The summed E-state index contributed by atoms with van der Waals surface area (Å²) in [5.74, 6) is 1.05. The molecule has 2 fully saturated rings. The van der Waals surface area contributed by atoms with Crippen LogP contribution in [-0.4, -0.2) is 81.1 Å². The molecule has 162 valence electrons. The Morgan fingerprint density at radius 2 is 1.61 bits per heavy atom. The smallest absolute Gasteiger partial charge is 0.128 e. The molecule has 1 aromatic carbocycles. The van der Waals surface area contributed by atoms with E-state index in [2.05, 4.69) is 55.1 Å². The summed E-state index contributed by atoms with van der Waals surface area (Å²) in [4.78, 5) is 11.6. The number of β-amino-alcohol motifs (C(OH)–C–C–N with tert-alkyl or cyclic N) is 1. The summed E-state index contributed by atoms with van der Waals surface area (Å²) in [7, 11) is 0. The lowest BCUT2D eigenvalue weighted by molar-refractivity contribution is 0.0790. The van der Waals surface area contributed by atoms with Crippen LogP contribution in [0.3, 0.4) is 0 Å². The van der Waals surface area contributed by atoms with Crippen LogP contribution in [0.15, 0.2) is 67.1 Å². The maximum absolute atomic E-state index is 10.7. The molecule has 0 aliphatic carbocycles. The van der Waals surface area contributed by atoms with Crippen LogP contribution in [0.2, 0.25) is 0 Å². The molecular formula is C24H30N6O. The molecule has 5 rings (SSSR count). The molecule has 0 unspecified atom stereocenters. The summed E-state index contributed by atoms with van der Waals surface area (Å²) in [5, 5.41) is 15.0. The minimum atomic E-state index is -0.291. The van der Waals surface area contributed by atoms with Gasteiger partial charge in [0, 0.05) is 70.4 Å². The van der Waals surface area contributed by atoms with E-state index < -0.39 is 0 Å². The summed E-state index contributed by atoms with van der Waals surface area (Å²) in [6, 6.07) is 17.0. The van der Waals surface area contributed by atoms with Gasteiger partial charge >= 0.3 is 0 Å². The van der Waals surface area contributed by atoms with Gasteiger partial charge in [0.05, 0.1) is 12.6 Å². The van der Waals surface area contributed by atoms with Crippen molar-refractivity contribution < 1.29 is 5.11 Å². The van der Waals surface area contributed by atoms with Crippen LogP contribution in [-0.2, 0) is 13.1 Å². The predicted molar refractivity (Wildman–Crippen MR) is 121 cm³/mol. The number of hydrogen-bond acceptors (Lipinski definition) is 6. The third-order valence-corrected chi connectivity index (χ3v) is 6.42. The van der Waals surface area contributed by atoms with Gasteiger partial charge in [0.2, 0.25) is 0 Å². The Morgan fingerprint density at radius 1 is 0.839 bits per heavy atom. The number of likely N-dealkylation sites (tertiary alicyclic amines) is 1. The fourth-order valence-electron chi connectivity index (χ4n) is 4.75. The molecule has 0 amide bonds. The Labute approximate surface area is 183 Å². The van der Waals surface area contributed by atoms with Gasteiger partial charge in [0.15, 0.2) is 0 Å². The number of benzene rings is 1. The van der Waals surface area contributed by atoms with E-state index in [4.69, 9.17) is 0 Å². The molecule has 31 heavy (non-hydrogen) atoms. The molecule has 2 atom stereocenters. The normalized spacial score (nSPS) is 22.8. The maximum Gasteiger partial charge on any atom is 0.128 e. The molecule has 0 saturated carbocycles. The number of aliphatic hydroxyl groups is 1. The van der Waals surface area contributed by atoms with Crippen LogP contribution >= 0.6 is 0 Å². The highest BCUT2D eigenvalue weighted by Crippen LogP contribution is 2.22. The molecule has 2 aliphatic rings. The van der Waals surface area contributed by atoms with E-state index in [1.165, 1.54) is 11.1 Å². The Morgan fingerprint density at radius 3 is 2.29 bits per heavy atom. The van der Waals surface area contributed by atoms with Crippen LogP contribution in [0.4, 0.5) is 5.82 Å². The van der Waals surface area contributed by atoms with Gasteiger partial charge in [-0.25, -0.2) is 4.98 Å². The van der Waals surface area contributed by atoms with Crippen LogP contribution in [0.1, 0.15) is 11.1 Å². The van der Waals surface area contributed by atoms with Gasteiger partial charge in [-0.2, -0.15) is 5.10 Å². The van der Waals surface area contributed by atoms with E-state index in [0.717, 1.165) is 58.2 Å². The molecule has 2 aliphatic heterocycles. The van der Waals surface area contributed by atoms with Crippen molar-refractivity contribution in [2.45, 2.75) is 25.2 Å². The molecular weight excluding hydrogens is 388 g/mol. The fraction of sp³-hybridized carbons (Fsp3) is 0.417. The quantitative estimate of drug-likeness (QED) is 0.658. The van der Waals surface area contributed by atoms with Crippen molar-refractivity contribution in [3.05, 3.63) is 78.2 Å². The number of pyridine rings is 1. The number of piperazine rings is 1. The number of aliphatic hydroxyl groups excluding tert-OH is 1. The lowest BCUT2D eigenvalue weighted by atomic mass is 10.1. The van der Waals surface area contributed by atoms with E-state index in [9.17, 15) is 5.11 Å². The average molecular weight is 419 g/mol. The van der Waals surface area contributed by atoms with E-state index in [1.807, 2.05) is 41.5 Å². The van der Waals surface area contributed by atoms with Gasteiger partial charge in [-0.15, -0.1) is 0 Å². The number of nitrogens with zero attached hydrogens (tertiary/aromatic N) is 6. The SMILES string of the molecule is O[C@@H]1CN(Cc2ccc(Cn3cccn3)cc2)C[C@H]1N1CCN(c2ccccn2)CC1. The standard InChI is InChI=1S/C24H30N6O/c31-23-19-27(16-20-5-7-21(8-6-20)17-30-11-3-10-26-30)18-22(23)28-12-14-29(15-13-28)24-4-1-2-9-25-24/h1-11,22-23,31H,12-19H2/t22-,23-/m1/s1. The number of anilines is 1. The largest absolute Gasteiger partial charge is 0.390 e. The Bertz CT molecular complexity index is 938. The molecule has 0 radical (unpaired) electrons. The van der Waals surface area contributed by atoms with Crippen molar-refractivity contribution in [3.8, 4) is 0 Å². The zero-order valence-corrected chi connectivity index (χ0v) is 17.8. The van der Waals surface area contributed by atoms with Crippen molar-refractivity contribution in [1.29, 1.82) is 0 Å². The highest BCUT2D eigenvalue weighted by molar-refractivity contribution is 5.38. The molecule has 0 bridgehead atoms. The fourth-order valence-corrected chi connectivity index (χ4v) is 4.75. The van der Waals surface area contributed by atoms with Gasteiger partial charge in [-0.3, -0.25) is 14.5 Å². The van der Waals surface area contributed by atoms with Crippen molar-refractivity contribution in [1.82, 2.24) is 24.6 Å². The summed E-state index contributed by atoms with van der Waals surface area (Å²) < 4.78 is 1.93. The second-order valence-corrected chi connectivity index (χ2v) is 8.56. The molecule has 0 spiro atoms. The Hall–Kier alpha value is -2.74. The summed E-state index contributed by atoms with van der Waals surface area (Å²) in [6.07, 6.45) is 5.35. The minimum Gasteiger partial charge on any atom is -0.390 e.